The molecular weight excluding hydrogens is 182 g/mol. The highest BCUT2D eigenvalue weighted by Gasteiger charge is 2.30. The van der Waals surface area contributed by atoms with Gasteiger partial charge in [-0.2, -0.15) is 0 Å². The van der Waals surface area contributed by atoms with Crippen molar-refractivity contribution in [3.05, 3.63) is 0 Å². The number of hydrogen-bond donors (Lipinski definition) is 3. The zero-order valence-corrected chi connectivity index (χ0v) is 8.50. The largest absolute Gasteiger partial charge is 0.480 e. The molecule has 0 aliphatic rings. The zero-order chi connectivity index (χ0) is 9.07. The van der Waals surface area contributed by atoms with E-state index in [0.717, 1.165) is 11.0 Å². The van der Waals surface area contributed by atoms with E-state index in [1.54, 1.807) is 0 Å². The maximum atomic E-state index is 10.6. The Kier molecular flexibility index (Phi) is 4.28. The Bertz CT molecular complexity index is 144. The molecule has 3 nitrogen and oxygen atoms in total. The molecule has 0 aromatic heterocycles. The molecule has 0 saturated carbocycles. The van der Waals surface area contributed by atoms with Crippen LogP contribution in [0.4, 0.5) is 0 Å². The lowest BCUT2D eigenvalue weighted by Gasteiger charge is -2.26. The van der Waals surface area contributed by atoms with E-state index < -0.39 is 12.0 Å². The second kappa shape index (κ2) is 4.23. The molecule has 0 aliphatic heterocycles. The quantitative estimate of drug-likeness (QED) is 0.363. The van der Waals surface area contributed by atoms with E-state index in [9.17, 15) is 4.79 Å². The van der Waals surface area contributed by atoms with E-state index in [1.165, 1.54) is 0 Å². The predicted octanol–water partition coefficient (Wildman–Crippen LogP) is 1.57. The minimum atomic E-state index is -0.848. The lowest BCUT2D eigenvalue weighted by molar-refractivity contribution is -0.141. The Morgan fingerprint density at radius 2 is 2.09 bits per heavy atom. The molecule has 0 bridgehead atoms. The predicted molar refractivity (Wildman–Crippen MR) is 50.6 cm³/mol. The van der Waals surface area contributed by atoms with Crippen molar-refractivity contribution in [2.45, 2.75) is 26.8 Å². The summed E-state index contributed by atoms with van der Waals surface area (Å²) in [6.45, 7) is 5.59. The molecule has 0 spiro atoms. The van der Waals surface area contributed by atoms with Gasteiger partial charge in [0.1, 0.15) is 6.04 Å². The maximum absolute atomic E-state index is 10.6. The number of carboxylic acid groups (broad SMARTS) is 1. The Labute approximate surface area is 75.9 Å². The maximum Gasteiger partial charge on any atom is 0.322 e. The molecule has 0 radical (unpaired) electrons. The highest BCUT2D eigenvalue weighted by Crippen LogP contribution is 2.21. The van der Waals surface area contributed by atoms with Crippen molar-refractivity contribution in [2.24, 2.45) is 5.41 Å². The summed E-state index contributed by atoms with van der Waals surface area (Å²) in [5, 5.41) is 8.73. The zero-order valence-electron chi connectivity index (χ0n) is 6.79. The lowest BCUT2D eigenvalue weighted by atomic mass is 9.88. The van der Waals surface area contributed by atoms with Gasteiger partial charge < -0.3 is 5.11 Å². The van der Waals surface area contributed by atoms with Crippen molar-refractivity contribution in [3.8, 4) is 0 Å². The van der Waals surface area contributed by atoms with Crippen molar-refractivity contribution in [3.63, 3.8) is 0 Å². The molecule has 0 rings (SSSR count). The van der Waals surface area contributed by atoms with E-state index in [2.05, 4.69) is 16.4 Å². The van der Waals surface area contributed by atoms with Crippen LogP contribution in [0.5, 0.6) is 0 Å². The van der Waals surface area contributed by atoms with Crippen molar-refractivity contribution in [1.82, 2.24) is 4.72 Å². The van der Waals surface area contributed by atoms with Gasteiger partial charge in [-0.25, -0.2) is 4.72 Å². The first kappa shape index (κ1) is 11.1. The number of aliphatic carboxylic acids is 1. The van der Waals surface area contributed by atoms with E-state index in [-0.39, 0.29) is 5.41 Å². The van der Waals surface area contributed by atoms with Gasteiger partial charge in [0.2, 0.25) is 0 Å². The summed E-state index contributed by atoms with van der Waals surface area (Å²) in [4.78, 5) is 10.6. The second-order valence-corrected chi connectivity index (χ2v) is 4.31. The first-order valence-corrected chi connectivity index (χ1v) is 5.05. The second-order valence-electron chi connectivity index (χ2n) is 3.35. The van der Waals surface area contributed by atoms with E-state index in [0.29, 0.717) is 0 Å². The van der Waals surface area contributed by atoms with Gasteiger partial charge in [-0.05, 0) is 16.4 Å². The molecule has 1 unspecified atom stereocenters. The van der Waals surface area contributed by atoms with E-state index in [4.69, 9.17) is 5.11 Å². The highest BCUT2D eigenvalue weighted by atomic mass is 33.1. The van der Waals surface area contributed by atoms with Crippen LogP contribution in [-0.2, 0) is 4.79 Å². The highest BCUT2D eigenvalue weighted by molar-refractivity contribution is 8.67. The molecule has 11 heavy (non-hydrogen) atoms. The Hall–Kier alpha value is 0.130. The van der Waals surface area contributed by atoms with Crippen LogP contribution >= 0.6 is 22.6 Å². The van der Waals surface area contributed by atoms with Crippen LogP contribution in [-0.4, -0.2) is 17.1 Å². The van der Waals surface area contributed by atoms with Crippen LogP contribution < -0.4 is 4.72 Å². The number of nitrogens with one attached hydrogen (secondary N) is 1. The summed E-state index contributed by atoms with van der Waals surface area (Å²) in [5.74, 6) is -0.848. The number of thiol groups is 1. The van der Waals surface area contributed by atoms with Gasteiger partial charge in [-0.15, -0.1) is 0 Å². The molecule has 0 aromatic carbocycles. The number of carboxylic acids is 1. The molecule has 2 N–H and O–H groups in total. The smallest absolute Gasteiger partial charge is 0.322 e. The van der Waals surface area contributed by atoms with Gasteiger partial charge in [-0.3, -0.25) is 4.79 Å². The standard InChI is InChI=1S/C6H13NO2S2/c1-6(2,3)4(5(8)9)7-11-10/h4,7,10H,1-3H3,(H,8,9). The van der Waals surface area contributed by atoms with Crippen molar-refractivity contribution in [1.29, 1.82) is 0 Å². The van der Waals surface area contributed by atoms with Crippen LogP contribution in [0.1, 0.15) is 20.8 Å². The molecule has 5 heteroatoms. The third-order valence-electron chi connectivity index (χ3n) is 1.28. The molecule has 0 heterocycles. The van der Waals surface area contributed by atoms with Crippen LogP contribution in [0.25, 0.3) is 0 Å². The van der Waals surface area contributed by atoms with Gasteiger partial charge in [0.15, 0.2) is 0 Å². The first-order chi connectivity index (χ1) is 4.89. The Morgan fingerprint density at radius 3 is 2.18 bits per heavy atom. The lowest BCUT2D eigenvalue weighted by Crippen LogP contribution is -2.42. The molecule has 0 fully saturated rings. The summed E-state index contributed by atoms with van der Waals surface area (Å²) >= 11 is 3.83. The van der Waals surface area contributed by atoms with Crippen LogP contribution in [0, 0.1) is 5.41 Å². The topological polar surface area (TPSA) is 49.3 Å². The number of rotatable bonds is 3. The van der Waals surface area contributed by atoms with Gasteiger partial charge in [-0.1, -0.05) is 32.4 Å². The first-order valence-electron chi connectivity index (χ1n) is 3.18. The average Bonchev–Trinajstić information content (AvgIpc) is 1.79. The van der Waals surface area contributed by atoms with E-state index >= 15 is 0 Å². The molecule has 0 saturated heterocycles. The van der Waals surface area contributed by atoms with Crippen molar-refractivity contribution >= 4 is 28.6 Å². The normalized spacial score (nSPS) is 14.5. The van der Waals surface area contributed by atoms with Gasteiger partial charge in [0.25, 0.3) is 0 Å². The Balaban J connectivity index is 4.22. The number of hydrogen-bond acceptors (Lipinski definition) is 4. The summed E-state index contributed by atoms with van der Waals surface area (Å²) in [6, 6.07) is -0.565. The third kappa shape index (κ3) is 3.88. The fourth-order valence-electron chi connectivity index (χ4n) is 0.650. The van der Waals surface area contributed by atoms with Crippen molar-refractivity contribution < 1.29 is 9.90 Å². The van der Waals surface area contributed by atoms with Crippen LogP contribution in [0.2, 0.25) is 0 Å². The summed E-state index contributed by atoms with van der Waals surface area (Å²) in [5.41, 5.74) is -0.290. The van der Waals surface area contributed by atoms with Gasteiger partial charge in [0, 0.05) is 0 Å². The third-order valence-corrected chi connectivity index (χ3v) is 1.94. The van der Waals surface area contributed by atoms with Gasteiger partial charge in [0.05, 0.1) is 0 Å². The van der Waals surface area contributed by atoms with Crippen molar-refractivity contribution in [2.75, 3.05) is 0 Å². The van der Waals surface area contributed by atoms with Crippen LogP contribution in [0.15, 0.2) is 0 Å². The Morgan fingerprint density at radius 1 is 1.64 bits per heavy atom. The summed E-state index contributed by atoms with van der Waals surface area (Å²) in [7, 11) is 1.03. The SMILES string of the molecule is CC(C)(C)C(NSS)C(=O)O. The molecule has 0 aromatic rings. The minimum Gasteiger partial charge on any atom is -0.480 e. The molecule has 0 amide bonds. The average molecular weight is 195 g/mol. The monoisotopic (exact) mass is 195 g/mol. The molecule has 66 valence electrons. The van der Waals surface area contributed by atoms with Gasteiger partial charge >= 0.3 is 5.97 Å². The molecular formula is C6H13NO2S2. The number of carbonyl (C=O) groups is 1. The van der Waals surface area contributed by atoms with Crippen LogP contribution in [0.3, 0.4) is 0 Å². The summed E-state index contributed by atoms with van der Waals surface area (Å²) < 4.78 is 2.70. The molecule has 1 atom stereocenters. The molecule has 0 aliphatic carbocycles. The van der Waals surface area contributed by atoms with E-state index in [1.807, 2.05) is 20.8 Å². The summed E-state index contributed by atoms with van der Waals surface area (Å²) in [6.07, 6.45) is 0. The fraction of sp³-hybridized carbons (Fsp3) is 0.833. The fourth-order valence-corrected chi connectivity index (χ4v) is 1.53. The minimum absolute atomic E-state index is 0.290.